The van der Waals surface area contributed by atoms with Gasteiger partial charge in [0.15, 0.2) is 0 Å². The Labute approximate surface area is 159 Å². The number of nitrogens with one attached hydrogen (secondary N) is 1. The van der Waals surface area contributed by atoms with Gasteiger partial charge in [0.25, 0.3) is 0 Å². The highest BCUT2D eigenvalue weighted by Crippen LogP contribution is 2.20. The third-order valence-corrected chi connectivity index (χ3v) is 4.92. The largest absolute Gasteiger partial charge is 0.378 e. The van der Waals surface area contributed by atoms with Gasteiger partial charge in [-0.25, -0.2) is 9.48 Å². The fraction of sp³-hybridized carbons (Fsp3) is 0.474. The van der Waals surface area contributed by atoms with Gasteiger partial charge in [-0.05, 0) is 38.3 Å². The Balaban J connectivity index is 1.65. The molecule has 1 saturated heterocycles. The standard InChI is InChI=1S/C19H25ClN4O2/c1-3-26-16-8-10-23(11-9-16)19(25)21-18-12-14(2)22-24(18)13-15-6-4-5-7-17(15)20/h4-7,12,16H,3,8-11,13H2,1-2H3,(H,21,25). The molecule has 26 heavy (non-hydrogen) atoms. The van der Waals surface area contributed by atoms with E-state index < -0.39 is 0 Å². The minimum atomic E-state index is -0.0970. The Morgan fingerprint density at radius 2 is 2.08 bits per heavy atom. The summed E-state index contributed by atoms with van der Waals surface area (Å²) >= 11 is 6.25. The van der Waals surface area contributed by atoms with Crippen LogP contribution in [0.5, 0.6) is 0 Å². The van der Waals surface area contributed by atoms with Gasteiger partial charge in [-0.3, -0.25) is 5.32 Å². The third kappa shape index (κ3) is 4.56. The molecule has 1 aliphatic heterocycles. The van der Waals surface area contributed by atoms with Crippen LogP contribution in [0.25, 0.3) is 0 Å². The lowest BCUT2D eigenvalue weighted by Crippen LogP contribution is -2.43. The molecule has 0 spiro atoms. The highest BCUT2D eigenvalue weighted by Gasteiger charge is 2.23. The smallest absolute Gasteiger partial charge is 0.323 e. The molecule has 1 aromatic carbocycles. The number of anilines is 1. The summed E-state index contributed by atoms with van der Waals surface area (Å²) < 4.78 is 7.42. The minimum absolute atomic E-state index is 0.0970. The molecule has 6 nitrogen and oxygen atoms in total. The summed E-state index contributed by atoms with van der Waals surface area (Å²) in [7, 11) is 0. The van der Waals surface area contributed by atoms with Crippen molar-refractivity contribution in [2.24, 2.45) is 0 Å². The van der Waals surface area contributed by atoms with E-state index in [4.69, 9.17) is 16.3 Å². The van der Waals surface area contributed by atoms with Crippen molar-refractivity contribution in [2.45, 2.75) is 39.3 Å². The molecule has 2 heterocycles. The number of hydrogen-bond acceptors (Lipinski definition) is 3. The van der Waals surface area contributed by atoms with Gasteiger partial charge in [0.2, 0.25) is 0 Å². The molecule has 1 aliphatic rings. The van der Waals surface area contributed by atoms with Crippen molar-refractivity contribution >= 4 is 23.4 Å². The first-order valence-electron chi connectivity index (χ1n) is 9.02. The molecule has 0 aliphatic carbocycles. The Morgan fingerprint density at radius 1 is 1.35 bits per heavy atom. The number of piperidine rings is 1. The van der Waals surface area contributed by atoms with Crippen molar-refractivity contribution in [3.8, 4) is 0 Å². The Kier molecular flexibility index (Phi) is 6.16. The van der Waals surface area contributed by atoms with Crippen molar-refractivity contribution in [3.63, 3.8) is 0 Å². The topological polar surface area (TPSA) is 59.4 Å². The molecular formula is C19H25ClN4O2. The molecule has 1 N–H and O–H groups in total. The first-order valence-corrected chi connectivity index (χ1v) is 9.40. The Hall–Kier alpha value is -2.05. The van der Waals surface area contributed by atoms with Crippen LogP contribution in [0.1, 0.15) is 31.0 Å². The first kappa shape index (κ1) is 18.7. The van der Waals surface area contributed by atoms with Gasteiger partial charge in [-0.1, -0.05) is 29.8 Å². The number of ether oxygens (including phenoxy) is 1. The maximum absolute atomic E-state index is 12.6. The zero-order valence-electron chi connectivity index (χ0n) is 15.2. The Bertz CT molecular complexity index is 754. The molecule has 1 aromatic heterocycles. The molecule has 140 valence electrons. The first-order chi connectivity index (χ1) is 12.6. The molecule has 0 saturated carbocycles. The number of carbonyl (C=O) groups is 1. The zero-order chi connectivity index (χ0) is 18.5. The molecule has 3 rings (SSSR count). The number of halogens is 1. The normalized spacial score (nSPS) is 15.3. The number of carbonyl (C=O) groups excluding carboxylic acids is 1. The zero-order valence-corrected chi connectivity index (χ0v) is 16.0. The predicted octanol–water partition coefficient (Wildman–Crippen LogP) is 3.93. The second-order valence-electron chi connectivity index (χ2n) is 6.49. The molecule has 2 amide bonds. The number of rotatable bonds is 5. The van der Waals surface area contributed by atoms with Gasteiger partial charge < -0.3 is 9.64 Å². The molecule has 2 aromatic rings. The molecule has 7 heteroatoms. The molecule has 0 atom stereocenters. The van der Waals surface area contributed by atoms with Crippen molar-refractivity contribution in [2.75, 3.05) is 25.0 Å². The van der Waals surface area contributed by atoms with Gasteiger partial charge in [-0.15, -0.1) is 0 Å². The van der Waals surface area contributed by atoms with E-state index in [9.17, 15) is 4.79 Å². The number of nitrogens with zero attached hydrogens (tertiary/aromatic N) is 3. The van der Waals surface area contributed by atoms with Gasteiger partial charge in [0.1, 0.15) is 5.82 Å². The van der Waals surface area contributed by atoms with Gasteiger partial charge in [-0.2, -0.15) is 5.10 Å². The van der Waals surface area contributed by atoms with Crippen LogP contribution in [-0.2, 0) is 11.3 Å². The average molecular weight is 377 g/mol. The SMILES string of the molecule is CCOC1CCN(C(=O)Nc2cc(C)nn2Cc2ccccc2Cl)CC1. The summed E-state index contributed by atoms with van der Waals surface area (Å²) in [4.78, 5) is 14.5. The van der Waals surface area contributed by atoms with Crippen molar-refractivity contribution in [3.05, 3.63) is 46.6 Å². The van der Waals surface area contributed by atoms with Gasteiger partial charge >= 0.3 is 6.03 Å². The summed E-state index contributed by atoms with van der Waals surface area (Å²) in [6.07, 6.45) is 2.01. The molecule has 0 bridgehead atoms. The van der Waals surface area contributed by atoms with Crippen LogP contribution in [0.3, 0.4) is 0 Å². The van der Waals surface area contributed by atoms with Crippen LogP contribution in [0.2, 0.25) is 5.02 Å². The van der Waals surface area contributed by atoms with E-state index in [0.29, 0.717) is 30.5 Å². The predicted molar refractivity (Wildman–Crippen MR) is 103 cm³/mol. The third-order valence-electron chi connectivity index (χ3n) is 4.55. The summed E-state index contributed by atoms with van der Waals surface area (Å²) in [6, 6.07) is 9.44. The van der Waals surface area contributed by atoms with Crippen molar-refractivity contribution < 1.29 is 9.53 Å². The minimum Gasteiger partial charge on any atom is -0.378 e. The van der Waals surface area contributed by atoms with Crippen LogP contribution in [0, 0.1) is 6.92 Å². The number of hydrogen-bond donors (Lipinski definition) is 1. The second kappa shape index (κ2) is 8.56. The van der Waals surface area contributed by atoms with E-state index in [0.717, 1.165) is 30.7 Å². The quantitative estimate of drug-likeness (QED) is 0.860. The molecule has 0 radical (unpaired) electrons. The number of aromatic nitrogens is 2. The van der Waals surface area contributed by atoms with E-state index in [1.165, 1.54) is 0 Å². The lowest BCUT2D eigenvalue weighted by molar-refractivity contribution is 0.0232. The van der Waals surface area contributed by atoms with E-state index in [1.54, 1.807) is 4.68 Å². The summed E-state index contributed by atoms with van der Waals surface area (Å²) in [5.74, 6) is 0.680. The monoisotopic (exact) mass is 376 g/mol. The summed E-state index contributed by atoms with van der Waals surface area (Å²) in [5.41, 5.74) is 1.81. The lowest BCUT2D eigenvalue weighted by Gasteiger charge is -2.31. The van der Waals surface area contributed by atoms with Crippen LogP contribution in [0.4, 0.5) is 10.6 Å². The number of urea groups is 1. The lowest BCUT2D eigenvalue weighted by atomic mass is 10.1. The summed E-state index contributed by atoms with van der Waals surface area (Å²) in [6.45, 7) is 6.54. The number of benzene rings is 1. The average Bonchev–Trinajstić information content (AvgIpc) is 2.97. The van der Waals surface area contributed by atoms with Crippen molar-refractivity contribution in [1.82, 2.24) is 14.7 Å². The van der Waals surface area contributed by atoms with E-state index in [1.807, 2.05) is 49.1 Å². The fourth-order valence-electron chi connectivity index (χ4n) is 3.20. The van der Waals surface area contributed by atoms with E-state index in [-0.39, 0.29) is 12.1 Å². The molecule has 1 fully saturated rings. The summed E-state index contributed by atoms with van der Waals surface area (Å²) in [5, 5.41) is 8.17. The highest BCUT2D eigenvalue weighted by atomic mass is 35.5. The van der Waals surface area contributed by atoms with Crippen molar-refractivity contribution in [1.29, 1.82) is 0 Å². The maximum atomic E-state index is 12.6. The van der Waals surface area contributed by atoms with E-state index in [2.05, 4.69) is 10.4 Å². The van der Waals surface area contributed by atoms with Crippen LogP contribution < -0.4 is 5.32 Å². The molecular weight excluding hydrogens is 352 g/mol. The fourth-order valence-corrected chi connectivity index (χ4v) is 3.40. The van der Waals surface area contributed by atoms with Crippen LogP contribution >= 0.6 is 11.6 Å². The number of amides is 2. The number of aryl methyl sites for hydroxylation is 1. The van der Waals surface area contributed by atoms with Gasteiger partial charge in [0, 0.05) is 30.8 Å². The Morgan fingerprint density at radius 3 is 2.77 bits per heavy atom. The highest BCUT2D eigenvalue weighted by molar-refractivity contribution is 6.31. The second-order valence-corrected chi connectivity index (χ2v) is 6.90. The van der Waals surface area contributed by atoms with E-state index >= 15 is 0 Å². The maximum Gasteiger partial charge on any atom is 0.323 e. The number of likely N-dealkylation sites (tertiary alicyclic amines) is 1. The van der Waals surface area contributed by atoms with Crippen LogP contribution in [0.15, 0.2) is 30.3 Å². The van der Waals surface area contributed by atoms with Gasteiger partial charge in [0.05, 0.1) is 18.3 Å². The molecule has 0 unspecified atom stereocenters. The van der Waals surface area contributed by atoms with Crippen LogP contribution in [-0.4, -0.2) is 46.5 Å².